The Morgan fingerprint density at radius 3 is 2.47 bits per heavy atom. The van der Waals surface area contributed by atoms with E-state index in [2.05, 4.69) is 15.1 Å². The fourth-order valence-corrected chi connectivity index (χ4v) is 4.62. The zero-order valence-corrected chi connectivity index (χ0v) is 19.3. The normalized spacial score (nSPS) is 11.7. The first-order valence-corrected chi connectivity index (χ1v) is 11.7. The Morgan fingerprint density at radius 1 is 1.09 bits per heavy atom. The van der Waals surface area contributed by atoms with Gasteiger partial charge in [0.15, 0.2) is 0 Å². The van der Waals surface area contributed by atoms with Gasteiger partial charge in [-0.25, -0.2) is 17.5 Å². The van der Waals surface area contributed by atoms with E-state index in [1.807, 2.05) is 48.9 Å². The summed E-state index contributed by atoms with van der Waals surface area (Å²) in [6, 6.07) is 12.5. The van der Waals surface area contributed by atoms with E-state index in [1.165, 1.54) is 0 Å². The van der Waals surface area contributed by atoms with Crippen LogP contribution in [0.5, 0.6) is 0 Å². The first-order chi connectivity index (χ1) is 15.0. The van der Waals surface area contributed by atoms with Gasteiger partial charge < -0.3 is 5.32 Å². The Hall–Kier alpha value is -3.04. The Bertz CT molecular complexity index is 1240. The number of carbonyl (C=O) groups is 1. The minimum atomic E-state index is -3.84. The number of carbonyl (C=O) groups excluding carboxylic acids is 1. The predicted molar refractivity (Wildman–Crippen MR) is 120 cm³/mol. The van der Waals surface area contributed by atoms with Crippen LogP contribution in [-0.4, -0.2) is 30.1 Å². The first-order valence-electron chi connectivity index (χ1n) is 10.2. The topological polar surface area (TPSA) is 93.1 Å². The van der Waals surface area contributed by atoms with Gasteiger partial charge in [0.05, 0.1) is 22.7 Å². The van der Waals surface area contributed by atoms with Crippen LogP contribution >= 0.6 is 0 Å². The highest BCUT2D eigenvalue weighted by molar-refractivity contribution is 7.89. The molecule has 1 heterocycles. The molecule has 32 heavy (non-hydrogen) atoms. The molecule has 0 spiro atoms. The average molecular weight is 459 g/mol. The standard InChI is InChI=1S/C23H27FN4O3S/c1-15(2)27-32(30,31)20-8-9-22(24)21(12-20)23(29)25-13-18-6-5-7-19(11-18)14-28-17(4)10-16(3)26-28/h5-12,15,27H,13-14H2,1-4H3,(H,25,29). The lowest BCUT2D eigenvalue weighted by molar-refractivity contribution is 0.0946. The zero-order valence-electron chi connectivity index (χ0n) is 18.5. The van der Waals surface area contributed by atoms with Gasteiger partial charge >= 0.3 is 0 Å². The van der Waals surface area contributed by atoms with E-state index < -0.39 is 21.7 Å². The Kier molecular flexibility index (Phi) is 7.10. The summed E-state index contributed by atoms with van der Waals surface area (Å²) in [6.45, 7) is 8.05. The number of aromatic nitrogens is 2. The summed E-state index contributed by atoms with van der Waals surface area (Å²) >= 11 is 0. The van der Waals surface area contributed by atoms with E-state index in [1.54, 1.807) is 13.8 Å². The summed E-state index contributed by atoms with van der Waals surface area (Å²) in [5.74, 6) is -1.47. The van der Waals surface area contributed by atoms with Crippen molar-refractivity contribution in [1.29, 1.82) is 0 Å². The third-order valence-corrected chi connectivity index (χ3v) is 6.42. The maximum Gasteiger partial charge on any atom is 0.254 e. The zero-order chi connectivity index (χ0) is 23.5. The maximum absolute atomic E-state index is 14.3. The predicted octanol–water partition coefficient (Wildman–Crippen LogP) is 3.30. The van der Waals surface area contributed by atoms with E-state index in [0.717, 1.165) is 40.7 Å². The fourth-order valence-electron chi connectivity index (χ4n) is 3.35. The van der Waals surface area contributed by atoms with E-state index >= 15 is 0 Å². The van der Waals surface area contributed by atoms with Gasteiger partial charge in [0.25, 0.3) is 5.91 Å². The molecule has 1 amide bonds. The molecule has 0 fully saturated rings. The molecule has 0 radical (unpaired) electrons. The number of benzene rings is 2. The third kappa shape index (κ3) is 5.80. The molecule has 3 aromatic rings. The number of aryl methyl sites for hydroxylation is 2. The highest BCUT2D eigenvalue weighted by Crippen LogP contribution is 2.16. The highest BCUT2D eigenvalue weighted by atomic mass is 32.2. The SMILES string of the molecule is Cc1cc(C)n(Cc2cccc(CNC(=O)c3cc(S(=O)(=O)NC(C)C)ccc3F)c2)n1. The van der Waals surface area contributed by atoms with E-state index in [-0.39, 0.29) is 23.0 Å². The molecular formula is C23H27FN4O3S. The van der Waals surface area contributed by atoms with Gasteiger partial charge in [0.2, 0.25) is 10.0 Å². The third-order valence-electron chi connectivity index (χ3n) is 4.76. The second-order valence-corrected chi connectivity index (χ2v) is 9.72. The average Bonchev–Trinajstić information content (AvgIpc) is 3.02. The van der Waals surface area contributed by atoms with E-state index in [0.29, 0.717) is 6.54 Å². The van der Waals surface area contributed by atoms with Crippen LogP contribution in [-0.2, 0) is 23.1 Å². The van der Waals surface area contributed by atoms with Gasteiger partial charge in [-0.1, -0.05) is 24.3 Å². The number of amides is 1. The van der Waals surface area contributed by atoms with Crippen LogP contribution in [0.3, 0.4) is 0 Å². The minimum absolute atomic E-state index is 0.162. The van der Waals surface area contributed by atoms with Gasteiger partial charge in [-0.3, -0.25) is 9.48 Å². The van der Waals surface area contributed by atoms with Gasteiger partial charge in [-0.05, 0) is 63.1 Å². The molecule has 0 aliphatic heterocycles. The van der Waals surface area contributed by atoms with Gasteiger partial charge in [-0.2, -0.15) is 5.10 Å². The summed E-state index contributed by atoms with van der Waals surface area (Å²) in [5, 5.41) is 7.12. The summed E-state index contributed by atoms with van der Waals surface area (Å²) in [5.41, 5.74) is 3.53. The number of hydrogen-bond donors (Lipinski definition) is 2. The van der Waals surface area contributed by atoms with E-state index in [9.17, 15) is 17.6 Å². The lowest BCUT2D eigenvalue weighted by atomic mass is 10.1. The Balaban J connectivity index is 1.72. The van der Waals surface area contributed by atoms with Crippen LogP contribution in [0.15, 0.2) is 53.4 Å². The molecule has 1 aromatic heterocycles. The molecule has 0 bridgehead atoms. The van der Waals surface area contributed by atoms with Crippen molar-refractivity contribution >= 4 is 15.9 Å². The van der Waals surface area contributed by atoms with Gasteiger partial charge in [-0.15, -0.1) is 0 Å². The number of rotatable bonds is 8. The molecule has 9 heteroatoms. The van der Waals surface area contributed by atoms with Crippen molar-refractivity contribution in [1.82, 2.24) is 19.8 Å². The van der Waals surface area contributed by atoms with Gasteiger partial charge in [0, 0.05) is 18.3 Å². The number of nitrogens with zero attached hydrogens (tertiary/aromatic N) is 2. The van der Waals surface area contributed by atoms with Crippen LogP contribution < -0.4 is 10.0 Å². The molecule has 3 rings (SSSR count). The lowest BCUT2D eigenvalue weighted by Crippen LogP contribution is -2.31. The number of sulfonamides is 1. The van der Waals surface area contributed by atoms with Crippen molar-refractivity contribution in [2.45, 2.75) is 51.7 Å². The summed E-state index contributed by atoms with van der Waals surface area (Å²) in [4.78, 5) is 12.4. The molecular weight excluding hydrogens is 431 g/mol. The van der Waals surface area contributed by atoms with Crippen LogP contribution in [0.1, 0.15) is 46.7 Å². The second-order valence-electron chi connectivity index (χ2n) is 8.01. The molecule has 170 valence electrons. The van der Waals surface area contributed by atoms with Crippen molar-refractivity contribution in [3.8, 4) is 0 Å². The Labute approximate surface area is 187 Å². The van der Waals surface area contributed by atoms with Gasteiger partial charge in [0.1, 0.15) is 5.82 Å². The minimum Gasteiger partial charge on any atom is -0.348 e. The molecule has 0 atom stereocenters. The largest absolute Gasteiger partial charge is 0.348 e. The van der Waals surface area contributed by atoms with Crippen molar-refractivity contribution in [3.05, 3.63) is 82.4 Å². The van der Waals surface area contributed by atoms with Crippen molar-refractivity contribution in [2.75, 3.05) is 0 Å². The highest BCUT2D eigenvalue weighted by Gasteiger charge is 2.20. The molecule has 0 aliphatic carbocycles. The maximum atomic E-state index is 14.3. The smallest absolute Gasteiger partial charge is 0.254 e. The van der Waals surface area contributed by atoms with Crippen molar-refractivity contribution in [3.63, 3.8) is 0 Å². The molecule has 2 aromatic carbocycles. The van der Waals surface area contributed by atoms with Crippen LogP contribution in [0.2, 0.25) is 0 Å². The first kappa shape index (κ1) is 23.6. The molecule has 2 N–H and O–H groups in total. The van der Waals surface area contributed by atoms with Crippen LogP contribution in [0.4, 0.5) is 4.39 Å². The number of hydrogen-bond acceptors (Lipinski definition) is 4. The molecule has 7 nitrogen and oxygen atoms in total. The van der Waals surface area contributed by atoms with Crippen LogP contribution in [0.25, 0.3) is 0 Å². The summed E-state index contributed by atoms with van der Waals surface area (Å²) in [6.07, 6.45) is 0. The van der Waals surface area contributed by atoms with E-state index in [4.69, 9.17) is 0 Å². The molecule has 0 saturated heterocycles. The monoisotopic (exact) mass is 458 g/mol. The second kappa shape index (κ2) is 9.62. The number of nitrogens with one attached hydrogen (secondary N) is 2. The van der Waals surface area contributed by atoms with Crippen molar-refractivity contribution in [2.24, 2.45) is 0 Å². The molecule has 0 saturated carbocycles. The summed E-state index contributed by atoms with van der Waals surface area (Å²) < 4.78 is 43.3. The fraction of sp³-hybridized carbons (Fsp3) is 0.304. The molecule has 0 aliphatic rings. The van der Waals surface area contributed by atoms with Crippen molar-refractivity contribution < 1.29 is 17.6 Å². The Morgan fingerprint density at radius 2 is 1.81 bits per heavy atom. The lowest BCUT2D eigenvalue weighted by Gasteiger charge is -2.12. The summed E-state index contributed by atoms with van der Waals surface area (Å²) in [7, 11) is -3.84. The molecule has 0 unspecified atom stereocenters. The quantitative estimate of drug-likeness (QED) is 0.542. The number of halogens is 1. The van der Waals surface area contributed by atoms with Crippen LogP contribution in [0, 0.1) is 19.7 Å².